The molecule has 0 spiro atoms. The van der Waals surface area contributed by atoms with E-state index in [9.17, 15) is 17.6 Å². The van der Waals surface area contributed by atoms with Crippen LogP contribution in [0.2, 0.25) is 0 Å². The fourth-order valence-corrected chi connectivity index (χ4v) is 5.35. The lowest BCUT2D eigenvalue weighted by Crippen LogP contribution is -2.43. The van der Waals surface area contributed by atoms with Crippen molar-refractivity contribution in [3.8, 4) is 5.75 Å². The predicted octanol–water partition coefficient (Wildman–Crippen LogP) is 2.48. The first-order chi connectivity index (χ1) is 14.3. The van der Waals surface area contributed by atoms with Gasteiger partial charge in [-0.3, -0.25) is 9.69 Å². The van der Waals surface area contributed by atoms with Crippen LogP contribution in [0.15, 0.2) is 48.5 Å². The normalized spacial score (nSPS) is 17.8. The van der Waals surface area contributed by atoms with Crippen LogP contribution in [-0.2, 0) is 27.7 Å². The molecule has 0 aliphatic carbocycles. The Kier molecular flexibility index (Phi) is 7.10. The Hall–Kier alpha value is -2.45. The molecule has 0 aromatic heterocycles. The summed E-state index contributed by atoms with van der Waals surface area (Å²) in [5, 5.41) is 0. The first-order valence-electron chi connectivity index (χ1n) is 9.81. The van der Waals surface area contributed by atoms with E-state index in [1.54, 1.807) is 31.2 Å². The fourth-order valence-electron chi connectivity index (χ4n) is 3.59. The van der Waals surface area contributed by atoms with Crippen molar-refractivity contribution in [1.29, 1.82) is 0 Å². The van der Waals surface area contributed by atoms with Crippen molar-refractivity contribution >= 4 is 15.7 Å². The van der Waals surface area contributed by atoms with E-state index in [0.29, 0.717) is 19.5 Å². The third-order valence-electron chi connectivity index (χ3n) is 5.37. The Morgan fingerprint density at radius 2 is 1.67 bits per heavy atom. The molecule has 3 rings (SSSR count). The Morgan fingerprint density at radius 1 is 1.07 bits per heavy atom. The van der Waals surface area contributed by atoms with Crippen molar-refractivity contribution < 1.29 is 22.3 Å². The minimum absolute atomic E-state index is 0.0676. The van der Waals surface area contributed by atoms with E-state index >= 15 is 0 Å². The van der Waals surface area contributed by atoms with E-state index in [0.717, 1.165) is 16.9 Å². The summed E-state index contributed by atoms with van der Waals surface area (Å²) in [5.41, 5.74) is 1.81. The molecule has 30 heavy (non-hydrogen) atoms. The van der Waals surface area contributed by atoms with Crippen LogP contribution < -0.4 is 4.74 Å². The molecule has 162 valence electrons. The average Bonchev–Trinajstić information content (AvgIpc) is 3.09. The molecule has 1 amide bonds. The lowest BCUT2D eigenvalue weighted by atomic mass is 10.1. The molecule has 1 aliphatic rings. The maximum absolute atomic E-state index is 13.1. The molecule has 2 aromatic carbocycles. The molecule has 1 aliphatic heterocycles. The third-order valence-corrected chi connectivity index (χ3v) is 7.12. The molecule has 1 fully saturated rings. The maximum atomic E-state index is 13.1. The molecule has 0 radical (unpaired) electrons. The van der Waals surface area contributed by atoms with Crippen LogP contribution >= 0.6 is 0 Å². The summed E-state index contributed by atoms with van der Waals surface area (Å²) < 4.78 is 42.3. The van der Waals surface area contributed by atoms with Gasteiger partial charge in [-0.2, -0.15) is 0 Å². The number of methoxy groups -OCH3 is 1. The molecule has 0 bridgehead atoms. The number of rotatable bonds is 8. The molecule has 1 heterocycles. The Labute approximate surface area is 177 Å². The number of hydrogen-bond donors (Lipinski definition) is 0. The molecular formula is C22H27FN2O4S. The van der Waals surface area contributed by atoms with Crippen LogP contribution in [0.5, 0.6) is 5.75 Å². The molecule has 1 unspecified atom stereocenters. The summed E-state index contributed by atoms with van der Waals surface area (Å²) in [6, 6.07) is 13.4. The summed E-state index contributed by atoms with van der Waals surface area (Å²) in [6.45, 7) is 0.947. The van der Waals surface area contributed by atoms with Gasteiger partial charge in [-0.05, 0) is 41.8 Å². The van der Waals surface area contributed by atoms with Gasteiger partial charge in [0.2, 0.25) is 5.91 Å². The number of likely N-dealkylation sites (N-methyl/N-ethyl adjacent to an activating group) is 1. The van der Waals surface area contributed by atoms with Crippen molar-refractivity contribution in [3.05, 3.63) is 65.5 Å². The maximum Gasteiger partial charge on any atom is 0.236 e. The molecule has 8 heteroatoms. The smallest absolute Gasteiger partial charge is 0.236 e. The van der Waals surface area contributed by atoms with Gasteiger partial charge in [0.15, 0.2) is 9.84 Å². The van der Waals surface area contributed by atoms with Crippen molar-refractivity contribution in [2.45, 2.75) is 25.6 Å². The number of amides is 1. The summed E-state index contributed by atoms with van der Waals surface area (Å²) in [4.78, 5) is 16.4. The number of nitrogens with zero attached hydrogens (tertiary/aromatic N) is 2. The highest BCUT2D eigenvalue weighted by Crippen LogP contribution is 2.21. The second kappa shape index (κ2) is 9.57. The Morgan fingerprint density at radius 3 is 2.23 bits per heavy atom. The second-order valence-corrected chi connectivity index (χ2v) is 9.91. The van der Waals surface area contributed by atoms with Crippen LogP contribution in [0.1, 0.15) is 17.5 Å². The number of ether oxygens (including phenoxy) is 1. The zero-order valence-corrected chi connectivity index (χ0v) is 18.1. The zero-order valence-electron chi connectivity index (χ0n) is 17.3. The van der Waals surface area contributed by atoms with Gasteiger partial charge in [0.25, 0.3) is 0 Å². The largest absolute Gasteiger partial charge is 0.497 e. The number of benzene rings is 2. The number of carbonyl (C=O) groups is 1. The lowest BCUT2D eigenvalue weighted by molar-refractivity contribution is -0.132. The van der Waals surface area contributed by atoms with Gasteiger partial charge in [-0.25, -0.2) is 12.8 Å². The minimum atomic E-state index is -3.07. The molecule has 6 nitrogen and oxygen atoms in total. The molecule has 2 aromatic rings. The number of hydrogen-bond acceptors (Lipinski definition) is 5. The highest BCUT2D eigenvalue weighted by atomic mass is 32.2. The van der Waals surface area contributed by atoms with E-state index in [-0.39, 0.29) is 35.8 Å². The van der Waals surface area contributed by atoms with Gasteiger partial charge < -0.3 is 9.64 Å². The van der Waals surface area contributed by atoms with Crippen molar-refractivity contribution in [2.24, 2.45) is 0 Å². The summed E-state index contributed by atoms with van der Waals surface area (Å²) >= 11 is 0. The minimum Gasteiger partial charge on any atom is -0.497 e. The van der Waals surface area contributed by atoms with E-state index in [1.807, 2.05) is 29.2 Å². The highest BCUT2D eigenvalue weighted by Gasteiger charge is 2.33. The van der Waals surface area contributed by atoms with E-state index in [1.165, 1.54) is 12.1 Å². The van der Waals surface area contributed by atoms with Crippen LogP contribution in [0.25, 0.3) is 0 Å². The second-order valence-electron chi connectivity index (χ2n) is 7.69. The molecule has 1 saturated heterocycles. The van der Waals surface area contributed by atoms with Gasteiger partial charge in [-0.15, -0.1) is 0 Å². The van der Waals surface area contributed by atoms with E-state index in [2.05, 4.69) is 0 Å². The lowest BCUT2D eigenvalue weighted by Gasteiger charge is -2.29. The van der Waals surface area contributed by atoms with Crippen LogP contribution in [-0.4, -0.2) is 62.4 Å². The average molecular weight is 435 g/mol. The van der Waals surface area contributed by atoms with Crippen LogP contribution in [0, 0.1) is 5.82 Å². The zero-order chi connectivity index (χ0) is 21.7. The third kappa shape index (κ3) is 6.03. The highest BCUT2D eigenvalue weighted by molar-refractivity contribution is 7.91. The van der Waals surface area contributed by atoms with Gasteiger partial charge >= 0.3 is 0 Å². The number of sulfone groups is 1. The standard InChI is InChI=1S/C22H27FN2O4S/c1-24(13-17-3-7-19(23)8-4-17)22(26)15-25(20-11-12-30(27,28)16-20)14-18-5-9-21(29-2)10-6-18/h3-10,20H,11-16H2,1-2H3. The molecule has 0 saturated carbocycles. The van der Waals surface area contributed by atoms with Crippen LogP contribution in [0.4, 0.5) is 4.39 Å². The summed E-state index contributed by atoms with van der Waals surface area (Å²) in [6.07, 6.45) is 0.521. The fraction of sp³-hybridized carbons (Fsp3) is 0.409. The van der Waals surface area contributed by atoms with Crippen molar-refractivity contribution in [1.82, 2.24) is 9.80 Å². The predicted molar refractivity (Wildman–Crippen MR) is 113 cm³/mol. The Bertz CT molecular complexity index is 962. The van der Waals surface area contributed by atoms with E-state index < -0.39 is 9.84 Å². The van der Waals surface area contributed by atoms with Gasteiger partial charge in [0.1, 0.15) is 11.6 Å². The number of halogens is 1. The molecular weight excluding hydrogens is 407 g/mol. The molecule has 1 atom stereocenters. The quantitative estimate of drug-likeness (QED) is 0.639. The van der Waals surface area contributed by atoms with Gasteiger partial charge in [0, 0.05) is 26.2 Å². The van der Waals surface area contributed by atoms with Gasteiger partial charge in [-0.1, -0.05) is 24.3 Å². The Balaban J connectivity index is 1.70. The van der Waals surface area contributed by atoms with Crippen molar-refractivity contribution in [3.63, 3.8) is 0 Å². The first kappa shape index (κ1) is 22.2. The molecule has 0 N–H and O–H groups in total. The van der Waals surface area contributed by atoms with Gasteiger partial charge in [0.05, 0.1) is 25.2 Å². The topological polar surface area (TPSA) is 66.9 Å². The summed E-state index contributed by atoms with van der Waals surface area (Å²) in [7, 11) is 0.220. The first-order valence-corrected chi connectivity index (χ1v) is 11.6. The van der Waals surface area contributed by atoms with E-state index in [4.69, 9.17) is 4.74 Å². The SMILES string of the molecule is COc1ccc(CN(CC(=O)N(C)Cc2ccc(F)cc2)C2CCS(=O)(=O)C2)cc1. The monoisotopic (exact) mass is 434 g/mol. The van der Waals surface area contributed by atoms with Crippen LogP contribution in [0.3, 0.4) is 0 Å². The number of carbonyl (C=O) groups excluding carboxylic acids is 1. The summed E-state index contributed by atoms with van der Waals surface area (Å²) in [5.74, 6) is 0.524. The van der Waals surface area contributed by atoms with Crippen molar-refractivity contribution in [2.75, 3.05) is 32.2 Å².